The average molecular weight is 543 g/mol. The Hall–Kier alpha value is -3.89. The first-order valence-corrected chi connectivity index (χ1v) is 12.2. The summed E-state index contributed by atoms with van der Waals surface area (Å²) in [5.74, 6) is 0.141. The maximum atomic E-state index is 13.5. The fourth-order valence-electron chi connectivity index (χ4n) is 4.45. The molecule has 1 aliphatic rings. The first-order valence-electron chi connectivity index (χ1n) is 11.8. The van der Waals surface area contributed by atoms with Crippen molar-refractivity contribution in [1.29, 1.82) is 0 Å². The second-order valence-electron chi connectivity index (χ2n) is 8.74. The van der Waals surface area contributed by atoms with Crippen molar-refractivity contribution in [2.75, 3.05) is 36.5 Å². The van der Waals surface area contributed by atoms with Crippen LogP contribution < -0.4 is 15.8 Å². The Kier molecular flexibility index (Phi) is 7.09. The summed E-state index contributed by atoms with van der Waals surface area (Å²) in [7, 11) is 0. The summed E-state index contributed by atoms with van der Waals surface area (Å²) in [6.45, 7) is 2.44. The Balaban J connectivity index is 1.44. The molecule has 11 heteroatoms. The van der Waals surface area contributed by atoms with Gasteiger partial charge in [0.25, 0.3) is 5.56 Å². The van der Waals surface area contributed by atoms with Crippen molar-refractivity contribution in [1.82, 2.24) is 9.55 Å². The van der Waals surface area contributed by atoms with Crippen molar-refractivity contribution in [2.45, 2.75) is 12.6 Å². The lowest BCUT2D eigenvalue weighted by molar-refractivity contribution is -0.137. The predicted molar refractivity (Wildman–Crippen MR) is 139 cm³/mol. The molecule has 0 saturated carbocycles. The van der Waals surface area contributed by atoms with Crippen LogP contribution in [0.25, 0.3) is 16.5 Å². The SMILES string of the molecule is O=C(Cc1ccc(Cl)c(C(F)(F)F)c1)Nc1cccc2c(=O)n(-c3cccnc3N3CCOCC3)ccc12. The maximum Gasteiger partial charge on any atom is 0.417 e. The third-order valence-electron chi connectivity index (χ3n) is 6.26. The standard InChI is InChI=1S/C27H22ClF3N4O3/c28-21-7-6-17(15-20(21)27(29,30)31)16-24(36)33-22-4-1-3-19-18(22)8-10-35(26(19)37)23-5-2-9-32-25(23)34-11-13-38-14-12-34/h1-10,15H,11-14,16H2,(H,33,36). The first-order chi connectivity index (χ1) is 18.2. The number of rotatable bonds is 5. The molecule has 0 aliphatic carbocycles. The van der Waals surface area contributed by atoms with Crippen LogP contribution in [0.2, 0.25) is 5.02 Å². The molecule has 196 valence electrons. The highest BCUT2D eigenvalue weighted by Crippen LogP contribution is 2.35. The topological polar surface area (TPSA) is 76.5 Å². The van der Waals surface area contributed by atoms with Crippen LogP contribution in [0.4, 0.5) is 24.7 Å². The summed E-state index contributed by atoms with van der Waals surface area (Å²) < 4.78 is 46.5. The molecule has 4 aromatic rings. The van der Waals surface area contributed by atoms with Crippen molar-refractivity contribution in [3.63, 3.8) is 0 Å². The number of alkyl halides is 3. The molecule has 0 spiro atoms. The van der Waals surface area contributed by atoms with Gasteiger partial charge in [-0.15, -0.1) is 0 Å². The maximum absolute atomic E-state index is 13.5. The zero-order chi connectivity index (χ0) is 26.9. The largest absolute Gasteiger partial charge is 0.417 e. The molecule has 1 fully saturated rings. The molecule has 1 N–H and O–H groups in total. The first kappa shape index (κ1) is 25.7. The van der Waals surface area contributed by atoms with E-state index in [-0.39, 0.29) is 17.5 Å². The highest BCUT2D eigenvalue weighted by Gasteiger charge is 2.33. The zero-order valence-corrected chi connectivity index (χ0v) is 20.7. The molecule has 2 aromatic carbocycles. The molecular weight excluding hydrogens is 521 g/mol. The minimum atomic E-state index is -4.63. The Bertz CT molecular complexity index is 1570. The lowest BCUT2D eigenvalue weighted by Gasteiger charge is -2.29. The van der Waals surface area contributed by atoms with E-state index < -0.39 is 22.7 Å². The summed E-state index contributed by atoms with van der Waals surface area (Å²) in [5, 5.41) is 3.16. The second kappa shape index (κ2) is 10.5. The molecule has 0 atom stereocenters. The molecular formula is C27H22ClF3N4O3. The summed E-state index contributed by atoms with van der Waals surface area (Å²) >= 11 is 5.67. The van der Waals surface area contributed by atoms with Crippen LogP contribution in [0.5, 0.6) is 0 Å². The number of hydrogen-bond donors (Lipinski definition) is 1. The number of pyridine rings is 2. The van der Waals surface area contributed by atoms with Gasteiger partial charge in [-0.2, -0.15) is 13.2 Å². The molecule has 0 unspecified atom stereocenters. The molecule has 1 aliphatic heterocycles. The van der Waals surface area contributed by atoms with Crippen LogP contribution >= 0.6 is 11.6 Å². The predicted octanol–water partition coefficient (Wildman–Crippen LogP) is 5.08. The van der Waals surface area contributed by atoms with E-state index in [4.69, 9.17) is 16.3 Å². The molecule has 38 heavy (non-hydrogen) atoms. The lowest BCUT2D eigenvalue weighted by Crippen LogP contribution is -2.37. The van der Waals surface area contributed by atoms with Crippen molar-refractivity contribution < 1.29 is 22.7 Å². The van der Waals surface area contributed by atoms with Crippen LogP contribution in [0, 0.1) is 0 Å². The second-order valence-corrected chi connectivity index (χ2v) is 9.15. The number of nitrogens with one attached hydrogen (secondary N) is 1. The number of nitrogens with zero attached hydrogens (tertiary/aromatic N) is 3. The van der Waals surface area contributed by atoms with Crippen molar-refractivity contribution in [3.8, 4) is 5.69 Å². The third kappa shape index (κ3) is 5.23. The van der Waals surface area contributed by atoms with Crippen molar-refractivity contribution >= 4 is 39.8 Å². The summed E-state index contributed by atoms with van der Waals surface area (Å²) in [4.78, 5) is 32.8. The average Bonchev–Trinajstić information content (AvgIpc) is 2.90. The Morgan fingerprint density at radius 2 is 1.84 bits per heavy atom. The molecule has 7 nitrogen and oxygen atoms in total. The quantitative estimate of drug-likeness (QED) is 0.381. The monoisotopic (exact) mass is 542 g/mol. The van der Waals surface area contributed by atoms with E-state index in [9.17, 15) is 22.8 Å². The number of ether oxygens (including phenoxy) is 1. The lowest BCUT2D eigenvalue weighted by atomic mass is 10.1. The third-order valence-corrected chi connectivity index (χ3v) is 6.59. The van der Waals surface area contributed by atoms with Gasteiger partial charge in [0.05, 0.1) is 35.9 Å². The van der Waals surface area contributed by atoms with Gasteiger partial charge in [0.2, 0.25) is 5.91 Å². The zero-order valence-electron chi connectivity index (χ0n) is 20.0. The van der Waals surface area contributed by atoms with Crippen molar-refractivity contribution in [2.24, 2.45) is 0 Å². The van der Waals surface area contributed by atoms with E-state index in [1.807, 2.05) is 6.07 Å². The molecule has 1 amide bonds. The molecule has 0 radical (unpaired) electrons. The summed E-state index contributed by atoms with van der Waals surface area (Å²) in [6.07, 6.45) is -1.64. The molecule has 0 bridgehead atoms. The number of aromatic nitrogens is 2. The summed E-state index contributed by atoms with van der Waals surface area (Å²) in [5.41, 5.74) is -0.134. The van der Waals surface area contributed by atoms with Gasteiger partial charge in [-0.25, -0.2) is 4.98 Å². The Morgan fingerprint density at radius 3 is 2.61 bits per heavy atom. The van der Waals surface area contributed by atoms with Gasteiger partial charge < -0.3 is 15.0 Å². The number of carbonyl (C=O) groups is 1. The number of morpholine rings is 1. The highest BCUT2D eigenvalue weighted by molar-refractivity contribution is 6.31. The van der Waals surface area contributed by atoms with Crippen LogP contribution in [-0.4, -0.2) is 41.8 Å². The molecule has 1 saturated heterocycles. The molecule has 3 heterocycles. The minimum Gasteiger partial charge on any atom is -0.378 e. The Morgan fingerprint density at radius 1 is 1.05 bits per heavy atom. The van der Waals surface area contributed by atoms with E-state index in [1.54, 1.807) is 42.7 Å². The number of amides is 1. The smallest absolute Gasteiger partial charge is 0.378 e. The van der Waals surface area contributed by atoms with E-state index in [0.29, 0.717) is 54.3 Å². The summed E-state index contributed by atoms with van der Waals surface area (Å²) in [6, 6.07) is 13.6. The Labute approximate surface area is 220 Å². The molecule has 2 aromatic heterocycles. The number of halogens is 4. The number of hydrogen-bond acceptors (Lipinski definition) is 5. The normalized spacial score (nSPS) is 14.1. The van der Waals surface area contributed by atoms with Crippen molar-refractivity contribution in [3.05, 3.63) is 93.5 Å². The van der Waals surface area contributed by atoms with Crippen LogP contribution in [0.15, 0.2) is 71.8 Å². The van der Waals surface area contributed by atoms with Gasteiger partial charge >= 0.3 is 6.18 Å². The minimum absolute atomic E-state index is 0.161. The van der Waals surface area contributed by atoms with Gasteiger partial charge in [0.1, 0.15) is 0 Å². The van der Waals surface area contributed by atoms with Crippen LogP contribution in [0.1, 0.15) is 11.1 Å². The van der Waals surface area contributed by atoms with Gasteiger partial charge in [-0.3, -0.25) is 14.2 Å². The van der Waals surface area contributed by atoms with Gasteiger partial charge in [-0.1, -0.05) is 23.7 Å². The van der Waals surface area contributed by atoms with E-state index in [0.717, 1.165) is 12.1 Å². The van der Waals surface area contributed by atoms with E-state index in [2.05, 4.69) is 15.2 Å². The fourth-order valence-corrected chi connectivity index (χ4v) is 4.68. The van der Waals surface area contributed by atoms with E-state index in [1.165, 1.54) is 10.6 Å². The highest BCUT2D eigenvalue weighted by atomic mass is 35.5. The fraction of sp³-hybridized carbons (Fsp3) is 0.222. The van der Waals surface area contributed by atoms with Gasteiger partial charge in [0, 0.05) is 41.9 Å². The number of carbonyl (C=O) groups excluding carboxylic acids is 1. The van der Waals surface area contributed by atoms with Gasteiger partial charge in [-0.05, 0) is 48.0 Å². The van der Waals surface area contributed by atoms with Crippen LogP contribution in [-0.2, 0) is 22.1 Å². The molecule has 5 rings (SSSR count). The van der Waals surface area contributed by atoms with E-state index >= 15 is 0 Å². The number of benzene rings is 2. The number of fused-ring (bicyclic) bond motifs is 1. The van der Waals surface area contributed by atoms with Gasteiger partial charge in [0.15, 0.2) is 5.82 Å². The van der Waals surface area contributed by atoms with Crippen LogP contribution in [0.3, 0.4) is 0 Å². The number of anilines is 2.